The second kappa shape index (κ2) is 11.3. The first kappa shape index (κ1) is 28.9. The second-order valence-corrected chi connectivity index (χ2v) is 16.8. The third-order valence-corrected chi connectivity index (χ3v) is 14.4. The Morgan fingerprint density at radius 2 is 1.40 bits per heavy atom. The van der Waals surface area contributed by atoms with Crippen LogP contribution in [-0.4, -0.2) is 30.0 Å². The van der Waals surface area contributed by atoms with Crippen LogP contribution in [0.1, 0.15) is 0 Å². The SMILES string of the molecule is c1csc(-c2c(-c3cccc4ccc5c(c34)Sc3ccccc3S5)c(-c3cccc4snnc34)c(-c3nc4ccccc4s3)c3nn[nH]c23)c1. The van der Waals surface area contributed by atoms with Gasteiger partial charge >= 0.3 is 0 Å². The van der Waals surface area contributed by atoms with Crippen molar-refractivity contribution < 1.29 is 0 Å². The van der Waals surface area contributed by atoms with Gasteiger partial charge in [0.05, 0.1) is 20.4 Å². The van der Waals surface area contributed by atoms with Crippen molar-refractivity contribution in [1.29, 1.82) is 0 Å². The van der Waals surface area contributed by atoms with Crippen molar-refractivity contribution in [3.63, 3.8) is 0 Å². The van der Waals surface area contributed by atoms with Gasteiger partial charge in [-0.3, -0.25) is 5.10 Å². The molecule has 0 bridgehead atoms. The molecule has 6 aromatic carbocycles. The van der Waals surface area contributed by atoms with E-state index in [0.717, 1.165) is 74.7 Å². The van der Waals surface area contributed by atoms with Crippen LogP contribution in [-0.2, 0) is 0 Å². The van der Waals surface area contributed by atoms with E-state index < -0.39 is 0 Å². The zero-order valence-electron chi connectivity index (χ0n) is 25.7. The molecular formula is C39H20N6S5. The van der Waals surface area contributed by atoms with Crippen LogP contribution in [0.2, 0.25) is 0 Å². The highest BCUT2D eigenvalue weighted by molar-refractivity contribution is 8.05. The fraction of sp³-hybridized carbons (Fsp3) is 0. The Labute approximate surface area is 305 Å². The molecule has 1 aliphatic heterocycles. The number of rotatable bonds is 4. The molecule has 0 saturated carbocycles. The Balaban J connectivity index is 1.36. The van der Waals surface area contributed by atoms with Gasteiger partial charge in [-0.05, 0) is 70.3 Å². The molecule has 1 aliphatic rings. The highest BCUT2D eigenvalue weighted by Crippen LogP contribution is 2.57. The molecule has 0 aliphatic carbocycles. The minimum Gasteiger partial charge on any atom is -0.257 e. The van der Waals surface area contributed by atoms with Crippen molar-refractivity contribution in [2.45, 2.75) is 19.6 Å². The number of nitrogens with zero attached hydrogens (tertiary/aromatic N) is 5. The molecule has 0 fully saturated rings. The number of fused-ring (bicyclic) bond motifs is 7. The molecule has 6 nitrogen and oxygen atoms in total. The number of para-hydroxylation sites is 1. The van der Waals surface area contributed by atoms with Gasteiger partial charge in [0.2, 0.25) is 0 Å². The number of benzene rings is 6. The quantitative estimate of drug-likeness (QED) is 0.193. The predicted octanol–water partition coefficient (Wildman–Crippen LogP) is 12.1. The number of nitrogens with one attached hydrogen (secondary N) is 1. The standard InChI is InChI=1S/C39H20N6S5/c1-2-12-24-23(11-1)40-39(49-24)34-32(22-10-6-15-28-35(22)43-45-50-28)31(33(27-16-7-19-46-27)36-37(34)42-44-41-36)21-9-5-8-20-17-18-29-38(30(20)21)48-26-14-4-3-13-25(26)47-29/h1-19H,(H,41,42,44). The molecular weight excluding hydrogens is 713 g/mol. The summed E-state index contributed by atoms with van der Waals surface area (Å²) in [4.78, 5) is 11.5. The summed E-state index contributed by atoms with van der Waals surface area (Å²) in [5.41, 5.74) is 9.78. The first-order valence-electron chi connectivity index (χ1n) is 15.8. The lowest BCUT2D eigenvalue weighted by molar-refractivity contribution is 0.960. The molecule has 11 heteroatoms. The van der Waals surface area contributed by atoms with Crippen molar-refractivity contribution in [2.24, 2.45) is 0 Å². The van der Waals surface area contributed by atoms with E-state index in [4.69, 9.17) is 15.2 Å². The molecule has 10 aromatic rings. The van der Waals surface area contributed by atoms with E-state index in [1.54, 1.807) is 22.7 Å². The van der Waals surface area contributed by atoms with E-state index >= 15 is 0 Å². The molecule has 5 heterocycles. The van der Waals surface area contributed by atoms with E-state index in [1.165, 1.54) is 41.9 Å². The Hall–Kier alpha value is -4.91. The van der Waals surface area contributed by atoms with Crippen LogP contribution in [0.5, 0.6) is 0 Å². The lowest BCUT2D eigenvalue weighted by Crippen LogP contribution is -1.99. The van der Waals surface area contributed by atoms with E-state index in [0.29, 0.717) is 0 Å². The molecule has 1 N–H and O–H groups in total. The molecule has 0 saturated heterocycles. The summed E-state index contributed by atoms with van der Waals surface area (Å²) >= 11 is 8.51. The van der Waals surface area contributed by atoms with Gasteiger partial charge in [-0.1, -0.05) is 100.0 Å². The summed E-state index contributed by atoms with van der Waals surface area (Å²) in [5.74, 6) is 0. The summed E-state index contributed by atoms with van der Waals surface area (Å²) in [5, 5.41) is 22.8. The average Bonchev–Trinajstić information content (AvgIpc) is 4.00. The molecule has 11 rings (SSSR count). The van der Waals surface area contributed by atoms with Crippen LogP contribution in [0.15, 0.2) is 134 Å². The molecule has 0 atom stereocenters. The van der Waals surface area contributed by atoms with Crippen molar-refractivity contribution in [2.75, 3.05) is 0 Å². The fourth-order valence-electron chi connectivity index (χ4n) is 7.03. The summed E-state index contributed by atoms with van der Waals surface area (Å²) in [7, 11) is 0. The number of hydrogen-bond acceptors (Lipinski definition) is 10. The van der Waals surface area contributed by atoms with Crippen LogP contribution in [0.25, 0.3) is 85.5 Å². The Bertz CT molecular complexity index is 2930. The molecule has 236 valence electrons. The number of thiophene rings is 1. The van der Waals surface area contributed by atoms with Crippen LogP contribution in [0.4, 0.5) is 0 Å². The first-order chi connectivity index (χ1) is 24.8. The number of thiazole rings is 1. The van der Waals surface area contributed by atoms with Gasteiger partial charge in [-0.15, -0.1) is 32.9 Å². The van der Waals surface area contributed by atoms with Gasteiger partial charge in [0.15, 0.2) is 0 Å². The smallest absolute Gasteiger partial charge is 0.127 e. The van der Waals surface area contributed by atoms with Crippen molar-refractivity contribution in [3.05, 3.63) is 115 Å². The average molecular weight is 733 g/mol. The third-order valence-electron chi connectivity index (χ3n) is 9.12. The zero-order chi connectivity index (χ0) is 32.8. The Morgan fingerprint density at radius 3 is 2.30 bits per heavy atom. The van der Waals surface area contributed by atoms with Crippen LogP contribution in [0, 0.1) is 0 Å². The number of aromatic nitrogens is 6. The maximum absolute atomic E-state index is 5.25. The highest BCUT2D eigenvalue weighted by Gasteiger charge is 2.31. The maximum Gasteiger partial charge on any atom is 0.127 e. The van der Waals surface area contributed by atoms with Crippen molar-refractivity contribution >= 4 is 100.0 Å². The van der Waals surface area contributed by atoms with Gasteiger partial charge < -0.3 is 0 Å². The molecule has 4 aromatic heterocycles. The van der Waals surface area contributed by atoms with Gasteiger partial charge in [0.1, 0.15) is 16.0 Å². The van der Waals surface area contributed by atoms with Crippen LogP contribution >= 0.6 is 57.7 Å². The van der Waals surface area contributed by atoms with Crippen molar-refractivity contribution in [3.8, 4) is 43.3 Å². The van der Waals surface area contributed by atoms with Gasteiger partial charge in [0, 0.05) is 57.7 Å². The molecule has 0 amide bonds. The monoisotopic (exact) mass is 732 g/mol. The maximum atomic E-state index is 5.25. The molecule has 0 unspecified atom stereocenters. The topological polar surface area (TPSA) is 80.2 Å². The summed E-state index contributed by atoms with van der Waals surface area (Å²) in [6, 6.07) is 38.9. The van der Waals surface area contributed by atoms with E-state index in [2.05, 4.69) is 123 Å². The number of H-pyrrole nitrogens is 1. The number of hydrogen-bond donors (Lipinski definition) is 1. The van der Waals surface area contributed by atoms with Crippen LogP contribution in [0.3, 0.4) is 0 Å². The van der Waals surface area contributed by atoms with Gasteiger partial charge in [0.25, 0.3) is 0 Å². The summed E-state index contributed by atoms with van der Waals surface area (Å²) < 4.78 is 6.57. The molecule has 0 radical (unpaired) electrons. The van der Waals surface area contributed by atoms with E-state index in [-0.39, 0.29) is 0 Å². The van der Waals surface area contributed by atoms with Gasteiger partial charge in [-0.25, -0.2) is 4.98 Å². The predicted molar refractivity (Wildman–Crippen MR) is 210 cm³/mol. The normalized spacial score (nSPS) is 12.6. The van der Waals surface area contributed by atoms with Crippen LogP contribution < -0.4 is 0 Å². The molecule has 0 spiro atoms. The van der Waals surface area contributed by atoms with Crippen molar-refractivity contribution in [1.82, 2.24) is 30.0 Å². The van der Waals surface area contributed by atoms with E-state index in [1.807, 2.05) is 29.6 Å². The Morgan fingerprint density at radius 1 is 0.580 bits per heavy atom. The van der Waals surface area contributed by atoms with Gasteiger partial charge in [-0.2, -0.15) is 0 Å². The molecule has 50 heavy (non-hydrogen) atoms. The third kappa shape index (κ3) is 4.31. The fourth-order valence-corrected chi connectivity index (χ4v) is 11.8. The summed E-state index contributed by atoms with van der Waals surface area (Å²) in [6.45, 7) is 0. The summed E-state index contributed by atoms with van der Waals surface area (Å²) in [6.07, 6.45) is 0. The lowest BCUT2D eigenvalue weighted by Gasteiger charge is -2.24. The Kier molecular flexibility index (Phi) is 6.53. The minimum atomic E-state index is 0.785. The van der Waals surface area contributed by atoms with E-state index in [9.17, 15) is 0 Å². The second-order valence-electron chi connectivity index (χ2n) is 11.9. The zero-order valence-corrected chi connectivity index (χ0v) is 29.8. The largest absolute Gasteiger partial charge is 0.257 e. The lowest BCUT2D eigenvalue weighted by atomic mass is 9.83. The number of aromatic amines is 1. The first-order valence-corrected chi connectivity index (χ1v) is 19.9. The minimum absolute atomic E-state index is 0.785. The highest BCUT2D eigenvalue weighted by atomic mass is 32.2.